The Bertz CT molecular complexity index is 1180. The van der Waals surface area contributed by atoms with Gasteiger partial charge in [0, 0.05) is 6.42 Å². The summed E-state index contributed by atoms with van der Waals surface area (Å²) in [7, 11) is 0. The number of unbranched alkanes of at least 4 members (excludes halogenated alkanes) is 37. The molecule has 1 aliphatic heterocycles. The van der Waals surface area contributed by atoms with Crippen LogP contribution in [0.2, 0.25) is 0 Å². The highest BCUT2D eigenvalue weighted by molar-refractivity contribution is 5.76. The van der Waals surface area contributed by atoms with Gasteiger partial charge in [0.2, 0.25) is 5.91 Å². The summed E-state index contributed by atoms with van der Waals surface area (Å²) in [4.78, 5) is 13.1. The summed E-state index contributed by atoms with van der Waals surface area (Å²) < 4.78 is 11.3. The second-order valence-electron chi connectivity index (χ2n) is 20.8. The third-order valence-corrected chi connectivity index (χ3v) is 14.2. The predicted octanol–water partition coefficient (Wildman–Crippen LogP) is 14.7. The molecule has 1 amide bonds. The SMILES string of the molecule is CCCCCCCCCC/C=C/CC/C=C/CC/C=C/C(O)C(COC1OC(CO)C(O)C(O)C1O)NC(=O)CCCCCCCCCCCCCCCCCCCCCCCCCCCCCC. The monoisotopic (exact) mass is 976 g/mol. The van der Waals surface area contributed by atoms with Gasteiger partial charge in [0.15, 0.2) is 6.29 Å². The number of aliphatic hydroxyl groups is 5. The molecular weight excluding hydrogens is 863 g/mol. The van der Waals surface area contributed by atoms with Gasteiger partial charge in [-0.2, -0.15) is 0 Å². The zero-order valence-corrected chi connectivity index (χ0v) is 45.1. The molecule has 1 heterocycles. The molecule has 406 valence electrons. The van der Waals surface area contributed by atoms with Gasteiger partial charge in [0.1, 0.15) is 24.4 Å². The van der Waals surface area contributed by atoms with Gasteiger partial charge >= 0.3 is 0 Å². The van der Waals surface area contributed by atoms with Crippen LogP contribution >= 0.6 is 0 Å². The van der Waals surface area contributed by atoms with Crippen molar-refractivity contribution < 1.29 is 39.8 Å². The molecule has 0 saturated carbocycles. The largest absolute Gasteiger partial charge is 0.394 e. The quantitative estimate of drug-likeness (QED) is 0.0261. The van der Waals surface area contributed by atoms with Crippen molar-refractivity contribution in [1.29, 1.82) is 0 Å². The topological polar surface area (TPSA) is 149 Å². The summed E-state index contributed by atoms with van der Waals surface area (Å²) >= 11 is 0. The normalized spacial score (nSPS) is 19.7. The number of hydrogen-bond acceptors (Lipinski definition) is 8. The molecule has 1 saturated heterocycles. The van der Waals surface area contributed by atoms with Crippen LogP contribution in [-0.4, -0.2) is 87.5 Å². The van der Waals surface area contributed by atoms with Gasteiger partial charge in [-0.25, -0.2) is 0 Å². The van der Waals surface area contributed by atoms with Crippen LogP contribution in [0, 0.1) is 0 Å². The van der Waals surface area contributed by atoms with E-state index >= 15 is 0 Å². The highest BCUT2D eigenvalue weighted by atomic mass is 16.7. The first-order valence-electron chi connectivity index (χ1n) is 29.7. The number of nitrogens with one attached hydrogen (secondary N) is 1. The molecular formula is C60H113NO8. The Kier molecular flexibility index (Phi) is 47.4. The predicted molar refractivity (Wildman–Crippen MR) is 290 cm³/mol. The van der Waals surface area contributed by atoms with Crippen LogP contribution in [0.5, 0.6) is 0 Å². The number of allylic oxidation sites excluding steroid dienone is 5. The zero-order chi connectivity index (χ0) is 50.1. The summed E-state index contributed by atoms with van der Waals surface area (Å²) in [5.41, 5.74) is 0. The molecule has 6 N–H and O–H groups in total. The molecule has 1 aliphatic rings. The minimum absolute atomic E-state index is 0.186. The van der Waals surface area contributed by atoms with Gasteiger partial charge in [0.05, 0.1) is 25.4 Å². The lowest BCUT2D eigenvalue weighted by Gasteiger charge is -2.40. The van der Waals surface area contributed by atoms with Crippen molar-refractivity contribution in [2.75, 3.05) is 13.2 Å². The maximum atomic E-state index is 13.1. The molecule has 9 heteroatoms. The number of carbonyl (C=O) groups excluding carboxylic acids is 1. The molecule has 0 aromatic heterocycles. The number of rotatable bonds is 51. The molecule has 7 unspecified atom stereocenters. The molecule has 0 aromatic rings. The van der Waals surface area contributed by atoms with E-state index in [1.165, 1.54) is 218 Å². The molecule has 0 aliphatic carbocycles. The average molecular weight is 977 g/mol. The Morgan fingerprint density at radius 1 is 0.478 bits per heavy atom. The van der Waals surface area contributed by atoms with Gasteiger partial charge in [-0.05, 0) is 44.9 Å². The lowest BCUT2D eigenvalue weighted by molar-refractivity contribution is -0.302. The van der Waals surface area contributed by atoms with E-state index in [0.717, 1.165) is 44.9 Å². The maximum Gasteiger partial charge on any atom is 0.220 e. The Morgan fingerprint density at radius 2 is 0.826 bits per heavy atom. The smallest absolute Gasteiger partial charge is 0.220 e. The average Bonchev–Trinajstić information content (AvgIpc) is 3.35. The van der Waals surface area contributed by atoms with E-state index in [2.05, 4.69) is 43.5 Å². The second kappa shape index (κ2) is 50.0. The van der Waals surface area contributed by atoms with Crippen molar-refractivity contribution in [2.24, 2.45) is 0 Å². The Hall–Kier alpha value is -1.59. The molecule has 69 heavy (non-hydrogen) atoms. The molecule has 0 aromatic carbocycles. The molecule has 1 rings (SSSR count). The van der Waals surface area contributed by atoms with Crippen LogP contribution in [0.15, 0.2) is 36.5 Å². The van der Waals surface area contributed by atoms with Gasteiger partial charge in [-0.1, -0.05) is 269 Å². The van der Waals surface area contributed by atoms with E-state index in [1.807, 2.05) is 6.08 Å². The third kappa shape index (κ3) is 39.6. The van der Waals surface area contributed by atoms with Crippen LogP contribution in [0.1, 0.15) is 284 Å². The van der Waals surface area contributed by atoms with Gasteiger partial charge < -0.3 is 40.3 Å². The highest BCUT2D eigenvalue weighted by Crippen LogP contribution is 2.23. The fraction of sp³-hybridized carbons (Fsp3) is 0.883. The summed E-state index contributed by atoms with van der Waals surface area (Å²) in [6.45, 7) is 3.78. The molecule has 7 atom stereocenters. The Balaban J connectivity index is 2.20. The fourth-order valence-electron chi connectivity index (χ4n) is 9.49. The lowest BCUT2D eigenvalue weighted by Crippen LogP contribution is -2.60. The van der Waals surface area contributed by atoms with E-state index in [9.17, 15) is 30.3 Å². The minimum atomic E-state index is -1.57. The second-order valence-corrected chi connectivity index (χ2v) is 20.8. The number of aliphatic hydroxyl groups excluding tert-OH is 5. The van der Waals surface area contributed by atoms with E-state index in [1.54, 1.807) is 6.08 Å². The lowest BCUT2D eigenvalue weighted by atomic mass is 9.99. The molecule has 9 nitrogen and oxygen atoms in total. The highest BCUT2D eigenvalue weighted by Gasteiger charge is 2.44. The van der Waals surface area contributed by atoms with Crippen molar-refractivity contribution in [2.45, 2.75) is 326 Å². The standard InChI is InChI=1S/C60H113NO8/c1-3-5-7-9-11-13-15-17-19-21-23-24-25-26-27-28-29-30-31-32-34-36-38-40-42-44-46-48-50-56(64)61-53(52-68-60-59(67)58(66)57(65)55(51-62)69-60)54(63)49-47-45-43-41-39-37-35-33-22-20-18-16-14-12-10-8-6-4-2/h22,33,39,41,47,49,53-55,57-60,62-63,65-67H,3-21,23-32,34-38,40,42-46,48,50-52H2,1-2H3,(H,61,64)/b33-22+,41-39+,49-47+. The zero-order valence-electron chi connectivity index (χ0n) is 45.1. The minimum Gasteiger partial charge on any atom is -0.394 e. The summed E-state index contributed by atoms with van der Waals surface area (Å²) in [5.74, 6) is -0.186. The number of amides is 1. The molecule has 0 bridgehead atoms. The fourth-order valence-corrected chi connectivity index (χ4v) is 9.49. The number of hydrogen-bond donors (Lipinski definition) is 6. The van der Waals surface area contributed by atoms with Crippen LogP contribution in [0.25, 0.3) is 0 Å². The summed E-state index contributed by atoms with van der Waals surface area (Å²) in [5, 5.41) is 54.5. The first-order chi connectivity index (χ1) is 33.8. The van der Waals surface area contributed by atoms with Crippen LogP contribution < -0.4 is 5.32 Å². The van der Waals surface area contributed by atoms with Crippen molar-refractivity contribution in [3.8, 4) is 0 Å². The Labute approximate surface area is 425 Å². The number of carbonyl (C=O) groups is 1. The van der Waals surface area contributed by atoms with E-state index < -0.39 is 49.5 Å². The first-order valence-corrected chi connectivity index (χ1v) is 29.7. The third-order valence-electron chi connectivity index (χ3n) is 14.2. The van der Waals surface area contributed by atoms with Crippen LogP contribution in [-0.2, 0) is 14.3 Å². The summed E-state index contributed by atoms with van der Waals surface area (Å²) in [6.07, 6.45) is 58.0. The first kappa shape index (κ1) is 65.4. The van der Waals surface area contributed by atoms with Crippen LogP contribution in [0.3, 0.4) is 0 Å². The van der Waals surface area contributed by atoms with Gasteiger partial charge in [-0.15, -0.1) is 0 Å². The van der Waals surface area contributed by atoms with E-state index in [4.69, 9.17) is 9.47 Å². The van der Waals surface area contributed by atoms with Gasteiger partial charge in [0.25, 0.3) is 0 Å². The molecule has 0 radical (unpaired) electrons. The van der Waals surface area contributed by atoms with E-state index in [-0.39, 0.29) is 12.5 Å². The van der Waals surface area contributed by atoms with Crippen molar-refractivity contribution in [1.82, 2.24) is 5.32 Å². The van der Waals surface area contributed by atoms with Crippen molar-refractivity contribution >= 4 is 5.91 Å². The van der Waals surface area contributed by atoms with Gasteiger partial charge in [-0.3, -0.25) is 4.79 Å². The van der Waals surface area contributed by atoms with Crippen LogP contribution in [0.4, 0.5) is 0 Å². The molecule has 1 fully saturated rings. The van der Waals surface area contributed by atoms with E-state index in [0.29, 0.717) is 6.42 Å². The Morgan fingerprint density at radius 3 is 1.22 bits per heavy atom. The number of ether oxygens (including phenoxy) is 2. The summed E-state index contributed by atoms with van der Waals surface area (Å²) in [6, 6.07) is -0.826. The van der Waals surface area contributed by atoms with Crippen molar-refractivity contribution in [3.63, 3.8) is 0 Å². The molecule has 0 spiro atoms. The van der Waals surface area contributed by atoms with Crippen molar-refractivity contribution in [3.05, 3.63) is 36.5 Å². The maximum absolute atomic E-state index is 13.1.